The van der Waals surface area contributed by atoms with Crippen LogP contribution >= 0.6 is 0 Å². The van der Waals surface area contributed by atoms with Gasteiger partial charge < -0.3 is 20.5 Å². The number of amides is 1. The molecule has 2 aromatic carbocycles. The van der Waals surface area contributed by atoms with Gasteiger partial charge in [0.05, 0.1) is 12.8 Å². The Morgan fingerprint density at radius 3 is 2.61 bits per heavy atom. The van der Waals surface area contributed by atoms with E-state index in [1.807, 2.05) is 38.1 Å². The Morgan fingerprint density at radius 1 is 1.22 bits per heavy atom. The summed E-state index contributed by atoms with van der Waals surface area (Å²) in [6.07, 6.45) is -0.0487. The number of benzene rings is 2. The topological polar surface area (TPSA) is 73.6 Å². The number of aryl methyl sites for hydroxylation is 1. The van der Waals surface area contributed by atoms with Crippen molar-refractivity contribution in [3.05, 3.63) is 48.0 Å². The predicted octanol–water partition coefficient (Wildman–Crippen LogP) is 3.38. The largest absolute Gasteiger partial charge is 0.495 e. The minimum atomic E-state index is -0.595. The molecule has 0 fully saturated rings. The van der Waals surface area contributed by atoms with Crippen LogP contribution in [0.25, 0.3) is 0 Å². The highest BCUT2D eigenvalue weighted by atomic mass is 16.5. The molecular formula is C18H22N2O3. The first kappa shape index (κ1) is 16.7. The van der Waals surface area contributed by atoms with E-state index in [0.29, 0.717) is 29.3 Å². The number of hydrogen-bond acceptors (Lipinski definition) is 4. The molecule has 0 aromatic heterocycles. The third-order valence-electron chi connectivity index (χ3n) is 3.51. The van der Waals surface area contributed by atoms with Crippen molar-refractivity contribution in [3.8, 4) is 11.5 Å². The van der Waals surface area contributed by atoms with E-state index in [1.165, 1.54) is 0 Å². The normalized spacial score (nSPS) is 11.6. The van der Waals surface area contributed by atoms with E-state index >= 15 is 0 Å². The molecule has 0 aliphatic heterocycles. The smallest absolute Gasteiger partial charge is 0.265 e. The fourth-order valence-corrected chi connectivity index (χ4v) is 2.20. The van der Waals surface area contributed by atoms with Crippen molar-refractivity contribution in [2.75, 3.05) is 18.2 Å². The highest BCUT2D eigenvalue weighted by molar-refractivity contribution is 5.96. The van der Waals surface area contributed by atoms with Gasteiger partial charge in [0.1, 0.15) is 11.5 Å². The lowest BCUT2D eigenvalue weighted by Crippen LogP contribution is -2.32. The second kappa shape index (κ2) is 7.54. The Balaban J connectivity index is 2.15. The van der Waals surface area contributed by atoms with E-state index in [-0.39, 0.29) is 5.91 Å². The van der Waals surface area contributed by atoms with Crippen LogP contribution in [0.3, 0.4) is 0 Å². The highest BCUT2D eigenvalue weighted by Crippen LogP contribution is 2.27. The van der Waals surface area contributed by atoms with Crippen molar-refractivity contribution >= 4 is 17.3 Å². The summed E-state index contributed by atoms with van der Waals surface area (Å²) in [4.78, 5) is 12.5. The van der Waals surface area contributed by atoms with Crippen LogP contribution in [0.2, 0.25) is 0 Å². The van der Waals surface area contributed by atoms with Crippen LogP contribution in [0.4, 0.5) is 11.4 Å². The number of carbonyl (C=O) groups excluding carboxylic acids is 1. The van der Waals surface area contributed by atoms with Crippen molar-refractivity contribution in [2.45, 2.75) is 26.4 Å². The van der Waals surface area contributed by atoms with Crippen LogP contribution in [0.1, 0.15) is 18.9 Å². The predicted molar refractivity (Wildman–Crippen MR) is 91.9 cm³/mol. The average Bonchev–Trinajstić information content (AvgIpc) is 2.54. The summed E-state index contributed by atoms with van der Waals surface area (Å²) in [6.45, 7) is 3.85. The summed E-state index contributed by atoms with van der Waals surface area (Å²) in [5.74, 6) is 1.02. The molecule has 0 saturated carbocycles. The van der Waals surface area contributed by atoms with E-state index in [4.69, 9.17) is 15.2 Å². The Morgan fingerprint density at radius 2 is 1.96 bits per heavy atom. The quantitative estimate of drug-likeness (QED) is 0.802. The molecule has 0 saturated heterocycles. The SMILES string of the molecule is CCC(Oc1ccccc1C)C(=O)Nc1cc(N)ccc1OC. The average molecular weight is 314 g/mol. The van der Waals surface area contributed by atoms with Gasteiger partial charge in [-0.25, -0.2) is 0 Å². The zero-order valence-corrected chi connectivity index (χ0v) is 13.6. The number of para-hydroxylation sites is 1. The second-order valence-corrected chi connectivity index (χ2v) is 5.23. The van der Waals surface area contributed by atoms with E-state index in [1.54, 1.807) is 25.3 Å². The Labute approximate surface area is 136 Å². The van der Waals surface area contributed by atoms with Crippen LogP contribution in [-0.2, 0) is 4.79 Å². The molecule has 2 rings (SSSR count). The molecule has 2 aromatic rings. The van der Waals surface area contributed by atoms with Gasteiger partial charge in [-0.05, 0) is 43.2 Å². The molecule has 122 valence electrons. The number of nitrogen functional groups attached to an aromatic ring is 1. The second-order valence-electron chi connectivity index (χ2n) is 5.23. The lowest BCUT2D eigenvalue weighted by molar-refractivity contribution is -0.122. The first-order chi connectivity index (χ1) is 11.0. The van der Waals surface area contributed by atoms with Gasteiger partial charge in [0.2, 0.25) is 0 Å². The summed E-state index contributed by atoms with van der Waals surface area (Å²) in [5, 5.41) is 2.82. The summed E-state index contributed by atoms with van der Waals surface area (Å²) in [6, 6.07) is 12.7. The minimum absolute atomic E-state index is 0.236. The summed E-state index contributed by atoms with van der Waals surface area (Å²) >= 11 is 0. The molecule has 0 spiro atoms. The first-order valence-corrected chi connectivity index (χ1v) is 7.51. The zero-order valence-electron chi connectivity index (χ0n) is 13.6. The van der Waals surface area contributed by atoms with Gasteiger partial charge in [-0.1, -0.05) is 25.1 Å². The van der Waals surface area contributed by atoms with Crippen molar-refractivity contribution in [3.63, 3.8) is 0 Å². The maximum Gasteiger partial charge on any atom is 0.265 e. The molecule has 0 aliphatic rings. The van der Waals surface area contributed by atoms with Crippen LogP contribution in [0, 0.1) is 6.92 Å². The monoisotopic (exact) mass is 314 g/mol. The van der Waals surface area contributed by atoms with E-state index in [2.05, 4.69) is 5.32 Å². The van der Waals surface area contributed by atoms with Gasteiger partial charge >= 0.3 is 0 Å². The fraction of sp³-hybridized carbons (Fsp3) is 0.278. The van der Waals surface area contributed by atoms with Gasteiger partial charge in [-0.15, -0.1) is 0 Å². The van der Waals surface area contributed by atoms with E-state index < -0.39 is 6.10 Å². The molecule has 5 nitrogen and oxygen atoms in total. The molecule has 0 radical (unpaired) electrons. The molecule has 1 atom stereocenters. The van der Waals surface area contributed by atoms with Crippen LogP contribution in [0.15, 0.2) is 42.5 Å². The van der Waals surface area contributed by atoms with E-state index in [9.17, 15) is 4.79 Å². The molecule has 0 bridgehead atoms. The van der Waals surface area contributed by atoms with Gasteiger partial charge in [0.15, 0.2) is 6.10 Å². The lowest BCUT2D eigenvalue weighted by Gasteiger charge is -2.19. The molecule has 0 aliphatic carbocycles. The number of methoxy groups -OCH3 is 1. The summed E-state index contributed by atoms with van der Waals surface area (Å²) in [7, 11) is 1.54. The lowest BCUT2D eigenvalue weighted by atomic mass is 10.2. The molecule has 3 N–H and O–H groups in total. The summed E-state index contributed by atoms with van der Waals surface area (Å²) < 4.78 is 11.1. The minimum Gasteiger partial charge on any atom is -0.495 e. The maximum absolute atomic E-state index is 12.5. The third-order valence-corrected chi connectivity index (χ3v) is 3.51. The number of anilines is 2. The van der Waals surface area contributed by atoms with Crippen molar-refractivity contribution in [1.82, 2.24) is 0 Å². The van der Waals surface area contributed by atoms with E-state index in [0.717, 1.165) is 5.56 Å². The van der Waals surface area contributed by atoms with Crippen molar-refractivity contribution in [2.24, 2.45) is 0 Å². The molecule has 23 heavy (non-hydrogen) atoms. The molecule has 0 heterocycles. The van der Waals surface area contributed by atoms with Crippen LogP contribution in [-0.4, -0.2) is 19.1 Å². The molecule has 5 heteroatoms. The third kappa shape index (κ3) is 4.16. The number of nitrogens with two attached hydrogens (primary N) is 1. The number of hydrogen-bond donors (Lipinski definition) is 2. The molecular weight excluding hydrogens is 292 g/mol. The first-order valence-electron chi connectivity index (χ1n) is 7.51. The van der Waals surface area contributed by atoms with Gasteiger partial charge in [-0.3, -0.25) is 4.79 Å². The van der Waals surface area contributed by atoms with Crippen molar-refractivity contribution < 1.29 is 14.3 Å². The number of rotatable bonds is 6. The summed E-state index contributed by atoms with van der Waals surface area (Å²) in [5.41, 5.74) is 7.84. The van der Waals surface area contributed by atoms with Crippen LogP contribution in [0.5, 0.6) is 11.5 Å². The maximum atomic E-state index is 12.5. The number of nitrogens with one attached hydrogen (secondary N) is 1. The highest BCUT2D eigenvalue weighted by Gasteiger charge is 2.20. The Hall–Kier alpha value is -2.69. The molecule has 1 amide bonds. The standard InChI is InChI=1S/C18H22N2O3/c1-4-15(23-16-8-6-5-7-12(16)2)18(21)20-14-11-13(19)9-10-17(14)22-3/h5-11,15H,4,19H2,1-3H3,(H,20,21). The fourth-order valence-electron chi connectivity index (χ4n) is 2.20. The number of ether oxygens (including phenoxy) is 2. The van der Waals surface area contributed by atoms with Crippen LogP contribution < -0.4 is 20.5 Å². The Bertz CT molecular complexity index is 686. The van der Waals surface area contributed by atoms with Gasteiger partial charge in [0.25, 0.3) is 5.91 Å². The molecule has 1 unspecified atom stereocenters. The van der Waals surface area contributed by atoms with Gasteiger partial charge in [0, 0.05) is 5.69 Å². The zero-order chi connectivity index (χ0) is 16.8. The Kier molecular flexibility index (Phi) is 5.46. The number of carbonyl (C=O) groups is 1. The van der Waals surface area contributed by atoms with Gasteiger partial charge in [-0.2, -0.15) is 0 Å². The van der Waals surface area contributed by atoms with Crippen molar-refractivity contribution in [1.29, 1.82) is 0 Å².